The zero-order chi connectivity index (χ0) is 19.0. The minimum absolute atomic E-state index is 0.185. The molecule has 6 heteroatoms. The molecule has 2 aromatic carbocycles. The Balaban J connectivity index is 0. The van der Waals surface area contributed by atoms with Gasteiger partial charge >= 0.3 is 6.18 Å². The van der Waals surface area contributed by atoms with Crippen molar-refractivity contribution in [3.63, 3.8) is 0 Å². The molecule has 2 rings (SSSR count). The van der Waals surface area contributed by atoms with Gasteiger partial charge in [-0.1, -0.05) is 75.7 Å². The predicted molar refractivity (Wildman–Crippen MR) is 99.0 cm³/mol. The van der Waals surface area contributed by atoms with Crippen molar-refractivity contribution >= 4 is 28.1 Å². The number of nitrogens with two attached hydrogens (primary N) is 1. The van der Waals surface area contributed by atoms with E-state index in [1.165, 1.54) is 12.1 Å². The fourth-order valence-electron chi connectivity index (χ4n) is 1.13. The van der Waals surface area contributed by atoms with E-state index in [2.05, 4.69) is 4.99 Å². The van der Waals surface area contributed by atoms with Crippen molar-refractivity contribution in [1.29, 1.82) is 0 Å². The van der Waals surface area contributed by atoms with Gasteiger partial charge in [-0.05, 0) is 24.3 Å². The highest BCUT2D eigenvalue weighted by atomic mass is 35.5. The van der Waals surface area contributed by atoms with Crippen molar-refractivity contribution in [2.75, 3.05) is 5.73 Å². The third-order valence-electron chi connectivity index (χ3n) is 2.02. The van der Waals surface area contributed by atoms with Gasteiger partial charge in [-0.2, -0.15) is 13.2 Å². The lowest BCUT2D eigenvalue weighted by Crippen LogP contribution is -2.16. The average molecular weight is 361 g/mol. The standard InChI is InChI=1S/C8H5ClF3N.C6H7N.2C2H6/c9-7(8(10,11)12)13-6-4-2-1-3-5-6;7-6-4-2-1-3-5-6;2*1-2/h1-5H;1-5H,7H2;2*1-2H3. The Labute approximate surface area is 147 Å². The van der Waals surface area contributed by atoms with E-state index in [9.17, 15) is 13.2 Å². The van der Waals surface area contributed by atoms with Crippen LogP contribution in [0.3, 0.4) is 0 Å². The lowest BCUT2D eigenvalue weighted by Gasteiger charge is -2.02. The summed E-state index contributed by atoms with van der Waals surface area (Å²) < 4.78 is 35.6. The normalized spacial score (nSPS) is 10.1. The van der Waals surface area contributed by atoms with Gasteiger partial charge in [0.25, 0.3) is 0 Å². The quantitative estimate of drug-likeness (QED) is 0.438. The fourth-order valence-corrected chi connectivity index (χ4v) is 1.23. The third-order valence-corrected chi connectivity index (χ3v) is 2.32. The first-order valence-corrected chi connectivity index (χ1v) is 7.94. The van der Waals surface area contributed by atoms with Crippen molar-refractivity contribution < 1.29 is 13.2 Å². The number of alkyl halides is 3. The molecule has 0 saturated carbocycles. The summed E-state index contributed by atoms with van der Waals surface area (Å²) in [6.45, 7) is 8.00. The number of anilines is 1. The Morgan fingerprint density at radius 2 is 1.21 bits per heavy atom. The maximum atomic E-state index is 11.9. The summed E-state index contributed by atoms with van der Waals surface area (Å²) in [5.74, 6) is 0. The van der Waals surface area contributed by atoms with Gasteiger partial charge in [0.2, 0.25) is 5.17 Å². The van der Waals surface area contributed by atoms with Crippen LogP contribution in [0.1, 0.15) is 27.7 Å². The highest BCUT2D eigenvalue weighted by molar-refractivity contribution is 6.67. The van der Waals surface area contributed by atoms with Gasteiger partial charge in [0.05, 0.1) is 5.69 Å². The topological polar surface area (TPSA) is 38.4 Å². The van der Waals surface area contributed by atoms with Crippen LogP contribution in [-0.2, 0) is 0 Å². The number of nitrogens with zero attached hydrogens (tertiary/aromatic N) is 1. The molecule has 2 aromatic rings. The SMILES string of the molecule is CC.CC.FC(F)(F)C(Cl)=Nc1ccccc1.Nc1ccccc1. The first kappa shape index (κ1) is 24.2. The molecule has 0 unspecified atom stereocenters. The molecule has 0 radical (unpaired) electrons. The van der Waals surface area contributed by atoms with E-state index in [0.29, 0.717) is 0 Å². The molecule has 0 bridgehead atoms. The number of benzene rings is 2. The summed E-state index contributed by atoms with van der Waals surface area (Å²) in [6, 6.07) is 17.2. The largest absolute Gasteiger partial charge is 0.444 e. The molecular weight excluding hydrogens is 337 g/mol. The van der Waals surface area contributed by atoms with Gasteiger partial charge in [-0.25, -0.2) is 4.99 Å². The van der Waals surface area contributed by atoms with Crippen LogP contribution < -0.4 is 5.73 Å². The van der Waals surface area contributed by atoms with Crippen LogP contribution in [-0.4, -0.2) is 11.3 Å². The monoisotopic (exact) mass is 360 g/mol. The molecule has 0 aliphatic heterocycles. The second kappa shape index (κ2) is 14.6. The first-order valence-electron chi connectivity index (χ1n) is 7.56. The Bertz CT molecular complexity index is 541. The molecule has 2 nitrogen and oxygen atoms in total. The molecule has 0 aliphatic carbocycles. The maximum Gasteiger partial charge on any atom is 0.444 e. The number of halogens is 4. The van der Waals surface area contributed by atoms with Gasteiger partial charge in [-0.3, -0.25) is 0 Å². The van der Waals surface area contributed by atoms with Crippen LogP contribution in [0.2, 0.25) is 0 Å². The highest BCUT2D eigenvalue weighted by Gasteiger charge is 2.34. The van der Waals surface area contributed by atoms with E-state index in [0.717, 1.165) is 5.69 Å². The smallest absolute Gasteiger partial charge is 0.399 e. The van der Waals surface area contributed by atoms with Crippen molar-refractivity contribution in [1.82, 2.24) is 0 Å². The first-order chi connectivity index (χ1) is 11.4. The van der Waals surface area contributed by atoms with E-state index in [1.54, 1.807) is 18.2 Å². The molecule has 0 heterocycles. The van der Waals surface area contributed by atoms with E-state index < -0.39 is 11.3 Å². The molecule has 134 valence electrons. The minimum atomic E-state index is -4.57. The van der Waals surface area contributed by atoms with E-state index in [-0.39, 0.29) is 5.69 Å². The number of nitrogen functional groups attached to an aromatic ring is 1. The summed E-state index contributed by atoms with van der Waals surface area (Å²) in [6.07, 6.45) is -4.57. The second-order valence-corrected chi connectivity index (χ2v) is 4.00. The van der Waals surface area contributed by atoms with Gasteiger partial charge < -0.3 is 5.73 Å². The molecule has 2 N–H and O–H groups in total. The zero-order valence-corrected chi connectivity index (χ0v) is 15.1. The Morgan fingerprint density at radius 3 is 1.50 bits per heavy atom. The van der Waals surface area contributed by atoms with Crippen LogP contribution in [0.5, 0.6) is 0 Å². The molecule has 0 saturated heterocycles. The molecule has 24 heavy (non-hydrogen) atoms. The van der Waals surface area contributed by atoms with E-state index >= 15 is 0 Å². The minimum Gasteiger partial charge on any atom is -0.399 e. The molecule has 0 aromatic heterocycles. The number of aliphatic imine (C=N–C) groups is 1. The van der Waals surface area contributed by atoms with E-state index in [4.69, 9.17) is 17.3 Å². The molecule has 0 atom stereocenters. The molecule has 0 spiro atoms. The highest BCUT2D eigenvalue weighted by Crippen LogP contribution is 2.23. The van der Waals surface area contributed by atoms with Crippen LogP contribution in [0.25, 0.3) is 0 Å². The summed E-state index contributed by atoms with van der Waals surface area (Å²) in [5.41, 5.74) is 6.36. The molecular formula is C18H24ClF3N2. The lowest BCUT2D eigenvalue weighted by molar-refractivity contribution is -0.0558. The van der Waals surface area contributed by atoms with Gasteiger partial charge in [0, 0.05) is 5.69 Å². The van der Waals surface area contributed by atoms with E-state index in [1.807, 2.05) is 58.0 Å². The lowest BCUT2D eigenvalue weighted by atomic mass is 10.3. The molecule has 0 amide bonds. The van der Waals surface area contributed by atoms with Gasteiger partial charge in [-0.15, -0.1) is 0 Å². The number of rotatable bonds is 1. The zero-order valence-electron chi connectivity index (χ0n) is 14.3. The molecule has 0 aliphatic rings. The van der Waals surface area contributed by atoms with Gasteiger partial charge in [0.1, 0.15) is 0 Å². The average Bonchev–Trinajstić information content (AvgIpc) is 2.60. The second-order valence-electron chi connectivity index (χ2n) is 3.65. The summed E-state index contributed by atoms with van der Waals surface area (Å²) >= 11 is 4.92. The molecule has 0 fully saturated rings. The van der Waals surface area contributed by atoms with Gasteiger partial charge in [0.15, 0.2) is 0 Å². The van der Waals surface area contributed by atoms with Crippen molar-refractivity contribution in [2.24, 2.45) is 4.99 Å². The number of hydrogen-bond donors (Lipinski definition) is 1. The Hall–Kier alpha value is -2.01. The third kappa shape index (κ3) is 12.5. The van der Waals surface area contributed by atoms with Crippen LogP contribution in [0, 0.1) is 0 Å². The summed E-state index contributed by atoms with van der Waals surface area (Å²) in [5, 5.41) is -1.36. The van der Waals surface area contributed by atoms with Crippen molar-refractivity contribution in [3.05, 3.63) is 60.7 Å². The number of para-hydroxylation sites is 2. The van der Waals surface area contributed by atoms with Crippen LogP contribution in [0.4, 0.5) is 24.5 Å². The predicted octanol–water partition coefficient (Wildman–Crippen LogP) is 6.84. The Kier molecular flexibility index (Phi) is 14.7. The van der Waals surface area contributed by atoms with Crippen LogP contribution in [0.15, 0.2) is 65.7 Å². The Morgan fingerprint density at radius 1 is 0.833 bits per heavy atom. The van der Waals surface area contributed by atoms with Crippen molar-refractivity contribution in [3.8, 4) is 0 Å². The van der Waals surface area contributed by atoms with Crippen LogP contribution >= 0.6 is 11.6 Å². The van der Waals surface area contributed by atoms with Crippen molar-refractivity contribution in [2.45, 2.75) is 33.9 Å². The number of hydrogen-bond acceptors (Lipinski definition) is 2. The fraction of sp³-hybridized carbons (Fsp3) is 0.278. The summed E-state index contributed by atoms with van der Waals surface area (Å²) in [4.78, 5) is 3.19. The summed E-state index contributed by atoms with van der Waals surface area (Å²) in [7, 11) is 0. The maximum absolute atomic E-state index is 11.9.